The van der Waals surface area contributed by atoms with Gasteiger partial charge in [-0.1, -0.05) is 0 Å². The van der Waals surface area contributed by atoms with Gasteiger partial charge in [0.25, 0.3) is 5.91 Å². The Labute approximate surface area is 107 Å². The number of hydrogen-bond acceptors (Lipinski definition) is 4. The van der Waals surface area contributed by atoms with Crippen molar-refractivity contribution in [3.05, 3.63) is 41.5 Å². The minimum absolute atomic E-state index is 0.0344. The summed E-state index contributed by atoms with van der Waals surface area (Å²) in [5.74, 6) is -2.63. The molecule has 0 atom stereocenters. The zero-order valence-electron chi connectivity index (χ0n) is 10.0. The molecule has 1 aromatic carbocycles. The van der Waals surface area contributed by atoms with E-state index in [1.807, 2.05) is 0 Å². The average molecular weight is 267 g/mol. The zero-order valence-corrected chi connectivity index (χ0v) is 10.0. The van der Waals surface area contributed by atoms with E-state index in [1.54, 1.807) is 7.05 Å². The predicted octanol–water partition coefficient (Wildman–Crippen LogP) is 0.606. The molecule has 2 aromatic rings. The first-order valence-electron chi connectivity index (χ1n) is 5.35. The van der Waals surface area contributed by atoms with Gasteiger partial charge in [0, 0.05) is 7.05 Å². The van der Waals surface area contributed by atoms with E-state index in [0.29, 0.717) is 5.82 Å². The summed E-state index contributed by atoms with van der Waals surface area (Å²) in [4.78, 5) is 15.6. The molecule has 1 amide bonds. The molecule has 0 spiro atoms. The van der Waals surface area contributed by atoms with Gasteiger partial charge in [-0.25, -0.2) is 13.8 Å². The van der Waals surface area contributed by atoms with Gasteiger partial charge in [-0.05, 0) is 12.1 Å². The van der Waals surface area contributed by atoms with Crippen molar-refractivity contribution in [3.63, 3.8) is 0 Å². The molecule has 0 saturated carbocycles. The molecule has 100 valence electrons. The van der Waals surface area contributed by atoms with E-state index in [9.17, 15) is 13.6 Å². The number of benzene rings is 1. The SMILES string of the molecule is Cn1cnc(CNC(=O)c2c(F)ccc(N)c2F)n1. The summed E-state index contributed by atoms with van der Waals surface area (Å²) in [6, 6.07) is 1.99. The number of amides is 1. The molecule has 0 aliphatic rings. The van der Waals surface area contributed by atoms with E-state index in [0.717, 1.165) is 12.1 Å². The fraction of sp³-hybridized carbons (Fsp3) is 0.182. The van der Waals surface area contributed by atoms with Crippen molar-refractivity contribution in [1.82, 2.24) is 20.1 Å². The number of aryl methyl sites for hydroxylation is 1. The highest BCUT2D eigenvalue weighted by Crippen LogP contribution is 2.18. The number of nitrogens with two attached hydrogens (primary N) is 1. The monoisotopic (exact) mass is 267 g/mol. The number of nitrogen functional groups attached to an aromatic ring is 1. The van der Waals surface area contributed by atoms with Gasteiger partial charge in [-0.2, -0.15) is 5.10 Å². The second-order valence-electron chi connectivity index (χ2n) is 3.84. The smallest absolute Gasteiger partial charge is 0.257 e. The largest absolute Gasteiger partial charge is 0.396 e. The van der Waals surface area contributed by atoms with Crippen LogP contribution in [0.25, 0.3) is 0 Å². The fourth-order valence-corrected chi connectivity index (χ4v) is 1.49. The number of rotatable bonds is 3. The summed E-state index contributed by atoms with van der Waals surface area (Å²) >= 11 is 0. The van der Waals surface area contributed by atoms with Gasteiger partial charge in [-0.15, -0.1) is 0 Å². The van der Waals surface area contributed by atoms with Crippen LogP contribution in [0.3, 0.4) is 0 Å². The predicted molar refractivity (Wildman–Crippen MR) is 62.9 cm³/mol. The van der Waals surface area contributed by atoms with Crippen LogP contribution in [-0.4, -0.2) is 20.7 Å². The molecule has 3 N–H and O–H groups in total. The molecule has 0 bridgehead atoms. The summed E-state index contributed by atoms with van der Waals surface area (Å²) in [5, 5.41) is 6.24. The first kappa shape index (κ1) is 12.9. The maximum Gasteiger partial charge on any atom is 0.257 e. The van der Waals surface area contributed by atoms with E-state index in [2.05, 4.69) is 15.4 Å². The molecule has 19 heavy (non-hydrogen) atoms. The van der Waals surface area contributed by atoms with Crippen LogP contribution in [0.15, 0.2) is 18.5 Å². The highest BCUT2D eigenvalue weighted by molar-refractivity contribution is 5.95. The van der Waals surface area contributed by atoms with Gasteiger partial charge in [0.15, 0.2) is 11.6 Å². The van der Waals surface area contributed by atoms with Crippen LogP contribution in [0.4, 0.5) is 14.5 Å². The van der Waals surface area contributed by atoms with Gasteiger partial charge in [-0.3, -0.25) is 9.48 Å². The maximum absolute atomic E-state index is 13.6. The van der Waals surface area contributed by atoms with E-state index in [1.165, 1.54) is 11.0 Å². The Kier molecular flexibility index (Phi) is 3.41. The van der Waals surface area contributed by atoms with Crippen molar-refractivity contribution in [1.29, 1.82) is 0 Å². The number of nitrogens with zero attached hydrogens (tertiary/aromatic N) is 3. The molecule has 0 radical (unpaired) electrons. The van der Waals surface area contributed by atoms with Crippen LogP contribution in [0.1, 0.15) is 16.2 Å². The molecule has 0 unspecified atom stereocenters. The number of hydrogen-bond donors (Lipinski definition) is 2. The molecule has 0 saturated heterocycles. The minimum atomic E-state index is -1.08. The van der Waals surface area contributed by atoms with E-state index >= 15 is 0 Å². The highest BCUT2D eigenvalue weighted by Gasteiger charge is 2.19. The molecule has 0 fully saturated rings. The van der Waals surface area contributed by atoms with E-state index in [4.69, 9.17) is 5.73 Å². The van der Waals surface area contributed by atoms with Crippen LogP contribution in [0, 0.1) is 11.6 Å². The zero-order chi connectivity index (χ0) is 14.0. The summed E-state index contributed by atoms with van der Waals surface area (Å²) in [5.41, 5.74) is 4.29. The number of aromatic nitrogens is 3. The Balaban J connectivity index is 2.14. The quantitative estimate of drug-likeness (QED) is 0.798. The molecule has 1 aromatic heterocycles. The molecule has 2 rings (SSSR count). The second-order valence-corrected chi connectivity index (χ2v) is 3.84. The molecule has 0 aliphatic heterocycles. The third-order valence-electron chi connectivity index (χ3n) is 2.40. The second kappa shape index (κ2) is 5.01. The van der Waals surface area contributed by atoms with Gasteiger partial charge in [0.05, 0.1) is 12.2 Å². The average Bonchev–Trinajstić information content (AvgIpc) is 2.78. The molecular weight excluding hydrogens is 256 g/mol. The molecule has 8 heteroatoms. The number of carbonyl (C=O) groups excluding carboxylic acids is 1. The van der Waals surface area contributed by atoms with Crippen molar-refractivity contribution in [2.45, 2.75) is 6.54 Å². The fourth-order valence-electron chi connectivity index (χ4n) is 1.49. The third kappa shape index (κ3) is 2.67. The van der Waals surface area contributed by atoms with Crippen LogP contribution < -0.4 is 11.1 Å². The Morgan fingerprint density at radius 1 is 1.47 bits per heavy atom. The van der Waals surface area contributed by atoms with Crippen LogP contribution in [0.5, 0.6) is 0 Å². The van der Waals surface area contributed by atoms with Crippen LogP contribution in [0.2, 0.25) is 0 Å². The van der Waals surface area contributed by atoms with Gasteiger partial charge < -0.3 is 11.1 Å². The molecule has 6 nitrogen and oxygen atoms in total. The van der Waals surface area contributed by atoms with Gasteiger partial charge in [0.2, 0.25) is 0 Å². The standard InChI is InChI=1S/C11H11F2N5O/c1-18-5-16-8(17-18)4-15-11(19)9-6(12)2-3-7(14)10(9)13/h2-3,5H,4,14H2,1H3,(H,15,19). The van der Waals surface area contributed by atoms with Crippen molar-refractivity contribution in [2.75, 3.05) is 5.73 Å². The summed E-state index contributed by atoms with van der Waals surface area (Å²) in [6.07, 6.45) is 1.45. The first-order valence-corrected chi connectivity index (χ1v) is 5.35. The first-order chi connectivity index (χ1) is 8.99. The number of carbonyl (C=O) groups is 1. The highest BCUT2D eigenvalue weighted by atomic mass is 19.1. The number of halogens is 2. The number of nitrogens with one attached hydrogen (secondary N) is 1. The molecule has 0 aliphatic carbocycles. The van der Waals surface area contributed by atoms with E-state index in [-0.39, 0.29) is 12.2 Å². The lowest BCUT2D eigenvalue weighted by Gasteiger charge is -2.07. The van der Waals surface area contributed by atoms with Crippen molar-refractivity contribution in [2.24, 2.45) is 7.05 Å². The lowest BCUT2D eigenvalue weighted by molar-refractivity contribution is 0.0941. The minimum Gasteiger partial charge on any atom is -0.396 e. The van der Waals surface area contributed by atoms with Gasteiger partial charge >= 0.3 is 0 Å². The summed E-state index contributed by atoms with van der Waals surface area (Å²) in [7, 11) is 1.66. The van der Waals surface area contributed by atoms with Crippen LogP contribution >= 0.6 is 0 Å². The van der Waals surface area contributed by atoms with Gasteiger partial charge in [0.1, 0.15) is 17.7 Å². The van der Waals surface area contributed by atoms with E-state index < -0.39 is 23.1 Å². The lowest BCUT2D eigenvalue weighted by atomic mass is 10.1. The van der Waals surface area contributed by atoms with Crippen LogP contribution in [-0.2, 0) is 13.6 Å². The Morgan fingerprint density at radius 2 is 2.21 bits per heavy atom. The normalized spacial score (nSPS) is 10.5. The Morgan fingerprint density at radius 3 is 2.84 bits per heavy atom. The third-order valence-corrected chi connectivity index (χ3v) is 2.40. The lowest BCUT2D eigenvalue weighted by Crippen LogP contribution is -2.26. The van der Waals surface area contributed by atoms with Crippen molar-refractivity contribution >= 4 is 11.6 Å². The van der Waals surface area contributed by atoms with Crippen molar-refractivity contribution < 1.29 is 13.6 Å². The van der Waals surface area contributed by atoms with Crippen molar-refractivity contribution in [3.8, 4) is 0 Å². The molecular formula is C11H11F2N5O. The summed E-state index contributed by atoms with van der Waals surface area (Å²) in [6.45, 7) is -0.0344. The number of anilines is 1. The Bertz CT molecular complexity index is 626. The maximum atomic E-state index is 13.6. The Hall–Kier alpha value is -2.51. The topological polar surface area (TPSA) is 85.8 Å². The molecule has 1 heterocycles. The summed E-state index contributed by atoms with van der Waals surface area (Å²) < 4.78 is 28.4.